The summed E-state index contributed by atoms with van der Waals surface area (Å²) in [5, 5.41) is 2.84. The highest BCUT2D eigenvalue weighted by Crippen LogP contribution is 2.31. The monoisotopic (exact) mass is 476 g/mol. The first kappa shape index (κ1) is 23.7. The molecule has 4 rings (SSSR count). The minimum Gasteiger partial charge on any atom is -0.326 e. The largest absolute Gasteiger partial charge is 0.326 e. The average Bonchev–Trinajstić information content (AvgIpc) is 2.82. The second kappa shape index (κ2) is 10.2. The second-order valence-electron chi connectivity index (χ2n) is 8.45. The Morgan fingerprint density at radius 3 is 2.12 bits per heavy atom. The fourth-order valence-corrected chi connectivity index (χ4v) is 4.82. The molecule has 0 radical (unpaired) electrons. The van der Waals surface area contributed by atoms with E-state index in [0.717, 1.165) is 30.5 Å². The molecule has 0 bridgehead atoms. The molecule has 176 valence electrons. The van der Waals surface area contributed by atoms with Crippen molar-refractivity contribution in [3.8, 4) is 0 Å². The third-order valence-corrected chi connectivity index (χ3v) is 7.89. The normalized spacial score (nSPS) is 13.7. The highest BCUT2D eigenvalue weighted by Gasteiger charge is 2.30. The van der Waals surface area contributed by atoms with Crippen LogP contribution in [0.4, 0.5) is 11.4 Å². The van der Waals surface area contributed by atoms with E-state index in [9.17, 15) is 18.0 Å². The molecular weight excluding hydrogens is 448 g/mol. The van der Waals surface area contributed by atoms with E-state index in [-0.39, 0.29) is 34.9 Å². The van der Waals surface area contributed by atoms with Gasteiger partial charge in [0.1, 0.15) is 0 Å². The van der Waals surface area contributed by atoms with Gasteiger partial charge in [-0.1, -0.05) is 37.3 Å². The molecule has 0 unspecified atom stereocenters. The number of rotatable bonds is 8. The molecule has 6 nitrogen and oxygen atoms in total. The molecule has 7 heteroatoms. The lowest BCUT2D eigenvalue weighted by molar-refractivity contribution is -0.115. The van der Waals surface area contributed by atoms with Gasteiger partial charge in [-0.15, -0.1) is 0 Å². The maximum atomic E-state index is 13.3. The molecule has 1 N–H and O–H groups in total. The number of para-hydroxylation sites is 1. The fraction of sp³-hybridized carbons (Fsp3) is 0.259. The van der Waals surface area contributed by atoms with Crippen LogP contribution in [0.2, 0.25) is 0 Å². The molecule has 0 aliphatic heterocycles. The van der Waals surface area contributed by atoms with Gasteiger partial charge in [0.2, 0.25) is 5.91 Å². The zero-order valence-electron chi connectivity index (χ0n) is 19.1. The number of anilines is 2. The van der Waals surface area contributed by atoms with Crippen LogP contribution in [0, 0.1) is 0 Å². The van der Waals surface area contributed by atoms with Gasteiger partial charge in [0.25, 0.3) is 5.91 Å². The molecule has 1 fully saturated rings. The van der Waals surface area contributed by atoms with Crippen molar-refractivity contribution in [2.45, 2.75) is 43.5 Å². The minimum atomic E-state index is -3.26. The summed E-state index contributed by atoms with van der Waals surface area (Å²) >= 11 is 0. The number of carbonyl (C=O) groups excluding carboxylic acids is 2. The van der Waals surface area contributed by atoms with Crippen molar-refractivity contribution < 1.29 is 18.0 Å². The maximum absolute atomic E-state index is 13.3. The molecule has 1 aliphatic rings. The van der Waals surface area contributed by atoms with Crippen molar-refractivity contribution in [2.75, 3.05) is 16.0 Å². The molecule has 0 aromatic heterocycles. The Labute approximate surface area is 200 Å². The van der Waals surface area contributed by atoms with E-state index >= 15 is 0 Å². The number of benzene rings is 3. The Morgan fingerprint density at radius 1 is 0.912 bits per heavy atom. The number of hydrogen-bond acceptors (Lipinski definition) is 4. The summed E-state index contributed by atoms with van der Waals surface area (Å²) < 4.78 is 23.9. The average molecular weight is 477 g/mol. The first-order valence-corrected chi connectivity index (χ1v) is 13.1. The Bertz CT molecular complexity index is 1250. The highest BCUT2D eigenvalue weighted by atomic mass is 32.2. The molecule has 0 spiro atoms. The Kier molecular flexibility index (Phi) is 7.12. The number of nitrogens with one attached hydrogen (secondary N) is 1. The van der Waals surface area contributed by atoms with Crippen LogP contribution in [-0.2, 0) is 21.1 Å². The zero-order chi connectivity index (χ0) is 24.1. The van der Waals surface area contributed by atoms with Crippen molar-refractivity contribution in [3.63, 3.8) is 0 Å². The van der Waals surface area contributed by atoms with Gasteiger partial charge in [-0.05, 0) is 73.4 Å². The van der Waals surface area contributed by atoms with Gasteiger partial charge in [0.05, 0.1) is 17.1 Å². The van der Waals surface area contributed by atoms with Crippen molar-refractivity contribution in [3.05, 3.63) is 90.0 Å². The van der Waals surface area contributed by atoms with E-state index in [1.807, 2.05) is 35.2 Å². The number of hydrogen-bond donors (Lipinski definition) is 1. The van der Waals surface area contributed by atoms with Crippen molar-refractivity contribution in [1.82, 2.24) is 0 Å². The molecular formula is C27H28N2O4S. The van der Waals surface area contributed by atoms with Crippen LogP contribution in [0.15, 0.2) is 83.8 Å². The van der Waals surface area contributed by atoms with Crippen LogP contribution in [0.1, 0.15) is 42.1 Å². The summed E-state index contributed by atoms with van der Waals surface area (Å²) in [5.74, 6) is -0.226. The molecule has 1 aliphatic carbocycles. The van der Waals surface area contributed by atoms with E-state index in [4.69, 9.17) is 0 Å². The van der Waals surface area contributed by atoms with Gasteiger partial charge >= 0.3 is 0 Å². The molecule has 0 atom stereocenters. The lowest BCUT2D eigenvalue weighted by Crippen LogP contribution is -2.44. The molecule has 3 aromatic rings. The van der Waals surface area contributed by atoms with Crippen molar-refractivity contribution in [1.29, 1.82) is 0 Å². The van der Waals surface area contributed by atoms with Crippen molar-refractivity contribution >= 4 is 33.0 Å². The lowest BCUT2D eigenvalue weighted by atomic mass is 9.90. The number of nitrogens with zero attached hydrogens (tertiary/aromatic N) is 1. The van der Waals surface area contributed by atoms with Crippen LogP contribution >= 0.6 is 0 Å². The zero-order valence-corrected chi connectivity index (χ0v) is 19.9. The summed E-state index contributed by atoms with van der Waals surface area (Å²) in [4.78, 5) is 27.9. The SMILES string of the molecule is CCS(=O)(=O)c1ccc(CC(=O)Nc2ccc(C(=O)N(c3ccccc3)C3CCC3)cc2)cc1. The summed E-state index contributed by atoms with van der Waals surface area (Å²) in [5.41, 5.74) is 2.79. The first-order chi connectivity index (χ1) is 16.4. The maximum Gasteiger partial charge on any atom is 0.258 e. The van der Waals surface area contributed by atoms with E-state index < -0.39 is 9.84 Å². The Morgan fingerprint density at radius 2 is 1.56 bits per heavy atom. The fourth-order valence-electron chi connectivity index (χ4n) is 3.93. The van der Waals surface area contributed by atoms with Gasteiger partial charge in [-0.3, -0.25) is 9.59 Å². The van der Waals surface area contributed by atoms with Crippen LogP contribution < -0.4 is 10.2 Å². The Hall–Kier alpha value is -3.45. The number of amides is 2. The van der Waals surface area contributed by atoms with Crippen LogP contribution in [0.5, 0.6) is 0 Å². The summed E-state index contributed by atoms with van der Waals surface area (Å²) in [6.45, 7) is 1.60. The topological polar surface area (TPSA) is 83.5 Å². The molecule has 3 aromatic carbocycles. The molecule has 1 saturated carbocycles. The van der Waals surface area contributed by atoms with Gasteiger partial charge < -0.3 is 10.2 Å². The van der Waals surface area contributed by atoms with Gasteiger partial charge in [-0.2, -0.15) is 0 Å². The van der Waals surface area contributed by atoms with E-state index in [1.165, 1.54) is 12.1 Å². The first-order valence-electron chi connectivity index (χ1n) is 11.5. The molecule has 2 amide bonds. The molecule has 34 heavy (non-hydrogen) atoms. The van der Waals surface area contributed by atoms with E-state index in [2.05, 4.69) is 5.32 Å². The summed E-state index contributed by atoms with van der Waals surface area (Å²) in [6.07, 6.45) is 3.25. The van der Waals surface area contributed by atoms with E-state index in [1.54, 1.807) is 43.3 Å². The summed E-state index contributed by atoms with van der Waals surface area (Å²) in [6, 6.07) is 23.2. The smallest absolute Gasteiger partial charge is 0.258 e. The van der Waals surface area contributed by atoms with E-state index in [0.29, 0.717) is 11.3 Å². The lowest BCUT2D eigenvalue weighted by Gasteiger charge is -2.37. The van der Waals surface area contributed by atoms with Crippen LogP contribution in [-0.4, -0.2) is 32.0 Å². The van der Waals surface area contributed by atoms with Crippen LogP contribution in [0.3, 0.4) is 0 Å². The van der Waals surface area contributed by atoms with Crippen molar-refractivity contribution in [2.24, 2.45) is 0 Å². The predicted octanol–water partition coefficient (Wildman–Crippen LogP) is 4.86. The minimum absolute atomic E-state index is 0.0368. The molecule has 0 saturated heterocycles. The van der Waals surface area contributed by atoms with Crippen LogP contribution in [0.25, 0.3) is 0 Å². The summed E-state index contributed by atoms with van der Waals surface area (Å²) in [7, 11) is -3.26. The standard InChI is InChI=1S/C27H28N2O4S/c1-2-34(32,33)25-17-11-20(12-18-25)19-26(30)28-22-15-13-21(14-16-22)27(31)29(24-9-6-10-24)23-7-4-3-5-8-23/h3-5,7-8,11-18,24H,2,6,9-10,19H2,1H3,(H,28,30). The predicted molar refractivity (Wildman–Crippen MR) is 134 cm³/mol. The van der Waals surface area contributed by atoms with Gasteiger partial charge in [-0.25, -0.2) is 8.42 Å². The Balaban J connectivity index is 1.40. The third-order valence-electron chi connectivity index (χ3n) is 6.14. The quantitative estimate of drug-likeness (QED) is 0.503. The number of sulfone groups is 1. The number of carbonyl (C=O) groups is 2. The second-order valence-corrected chi connectivity index (χ2v) is 10.7. The van der Waals surface area contributed by atoms with Gasteiger partial charge in [0, 0.05) is 23.0 Å². The third kappa shape index (κ3) is 5.37. The molecule has 0 heterocycles. The van der Waals surface area contributed by atoms with Gasteiger partial charge in [0.15, 0.2) is 9.84 Å². The highest BCUT2D eigenvalue weighted by molar-refractivity contribution is 7.91.